The van der Waals surface area contributed by atoms with Gasteiger partial charge in [-0.05, 0) is 40.5 Å². The molecule has 0 heterocycles. The van der Waals surface area contributed by atoms with Crippen molar-refractivity contribution in [3.8, 4) is 0 Å². The maximum absolute atomic E-state index is 11.6. The minimum absolute atomic E-state index is 0.220. The maximum atomic E-state index is 11.6. The highest BCUT2D eigenvalue weighted by molar-refractivity contribution is 5.94. The van der Waals surface area contributed by atoms with Crippen molar-refractivity contribution < 1.29 is 24.2 Å². The molecule has 0 aromatic rings. The Morgan fingerprint density at radius 2 is 1.53 bits per heavy atom. The molecule has 0 unspecified atom stereocenters. The van der Waals surface area contributed by atoms with Crippen molar-refractivity contribution in [1.82, 2.24) is 0 Å². The van der Waals surface area contributed by atoms with E-state index in [1.165, 1.54) is 0 Å². The Bertz CT molecular complexity index is 236. The van der Waals surface area contributed by atoms with Crippen molar-refractivity contribution in [1.29, 1.82) is 0 Å². The molecule has 0 rings (SSSR count). The molecule has 0 fully saturated rings. The monoisotopic (exact) mass is 246 g/mol. The van der Waals surface area contributed by atoms with Crippen molar-refractivity contribution in [2.24, 2.45) is 5.92 Å². The highest BCUT2D eigenvalue weighted by Crippen LogP contribution is 2.18. The lowest BCUT2D eigenvalue weighted by Gasteiger charge is -2.20. The summed E-state index contributed by atoms with van der Waals surface area (Å²) < 4.78 is 9.63. The molecule has 100 valence electrons. The normalized spacial score (nSPS) is 11.4. The van der Waals surface area contributed by atoms with Crippen molar-refractivity contribution >= 4 is 11.9 Å². The van der Waals surface area contributed by atoms with Gasteiger partial charge in [0.15, 0.2) is 5.92 Å². The topological polar surface area (TPSA) is 72.8 Å². The Morgan fingerprint density at radius 3 is 1.82 bits per heavy atom. The Labute approximate surface area is 102 Å². The van der Waals surface area contributed by atoms with Gasteiger partial charge < -0.3 is 14.6 Å². The third-order valence-corrected chi connectivity index (χ3v) is 2.19. The third kappa shape index (κ3) is 6.94. The van der Waals surface area contributed by atoms with Crippen LogP contribution in [-0.4, -0.2) is 35.9 Å². The summed E-state index contributed by atoms with van der Waals surface area (Å²) in [5.41, 5.74) is -0.919. The highest BCUT2D eigenvalue weighted by atomic mass is 16.6. The first-order chi connectivity index (χ1) is 7.81. The van der Waals surface area contributed by atoms with Crippen LogP contribution in [-0.2, 0) is 19.1 Å². The zero-order valence-corrected chi connectivity index (χ0v) is 11.0. The summed E-state index contributed by atoms with van der Waals surface area (Å²) in [6, 6.07) is 0. The van der Waals surface area contributed by atoms with Gasteiger partial charge in [0, 0.05) is 0 Å². The number of carbonyl (C=O) groups is 2. The minimum Gasteiger partial charge on any atom is -0.465 e. The van der Waals surface area contributed by atoms with Crippen LogP contribution in [0.25, 0.3) is 0 Å². The molecule has 1 N–H and O–H groups in total. The molecule has 5 nitrogen and oxygen atoms in total. The van der Waals surface area contributed by atoms with Gasteiger partial charge >= 0.3 is 11.9 Å². The number of hydrogen-bond donors (Lipinski definition) is 1. The second-order valence-corrected chi connectivity index (χ2v) is 4.41. The van der Waals surface area contributed by atoms with Crippen LogP contribution < -0.4 is 0 Å². The lowest BCUT2D eigenvalue weighted by atomic mass is 9.95. The second kappa shape index (κ2) is 7.27. The molecule has 0 bridgehead atoms. The van der Waals surface area contributed by atoms with Gasteiger partial charge in [-0.15, -0.1) is 0 Å². The van der Waals surface area contributed by atoms with E-state index in [1.807, 2.05) is 0 Å². The van der Waals surface area contributed by atoms with Crippen LogP contribution >= 0.6 is 0 Å². The summed E-state index contributed by atoms with van der Waals surface area (Å²) in [5.74, 6) is -2.12. The SMILES string of the molecule is CCOC(=O)C(CCC(C)(C)O)C(=O)OCC. The van der Waals surface area contributed by atoms with E-state index >= 15 is 0 Å². The van der Waals surface area contributed by atoms with Gasteiger partial charge in [0.25, 0.3) is 0 Å². The van der Waals surface area contributed by atoms with E-state index in [0.717, 1.165) is 0 Å². The van der Waals surface area contributed by atoms with E-state index in [4.69, 9.17) is 9.47 Å². The van der Waals surface area contributed by atoms with Gasteiger partial charge in [-0.1, -0.05) is 0 Å². The molecular weight excluding hydrogens is 224 g/mol. The summed E-state index contributed by atoms with van der Waals surface area (Å²) in [7, 11) is 0. The van der Waals surface area contributed by atoms with E-state index < -0.39 is 23.5 Å². The van der Waals surface area contributed by atoms with Crippen molar-refractivity contribution in [3.63, 3.8) is 0 Å². The Kier molecular flexibility index (Phi) is 6.80. The molecular formula is C12H22O5. The number of esters is 2. The van der Waals surface area contributed by atoms with Gasteiger partial charge in [0.1, 0.15) is 0 Å². The number of hydrogen-bond acceptors (Lipinski definition) is 5. The summed E-state index contributed by atoms with van der Waals surface area (Å²) in [5, 5.41) is 9.59. The van der Waals surface area contributed by atoms with Gasteiger partial charge in [0.05, 0.1) is 18.8 Å². The van der Waals surface area contributed by atoms with Crippen LogP contribution in [0.5, 0.6) is 0 Å². The van der Waals surface area contributed by atoms with Gasteiger partial charge in [-0.2, -0.15) is 0 Å². The first-order valence-electron chi connectivity index (χ1n) is 5.87. The fourth-order valence-corrected chi connectivity index (χ4v) is 1.32. The predicted molar refractivity (Wildman–Crippen MR) is 62.3 cm³/mol. The van der Waals surface area contributed by atoms with Crippen LogP contribution in [0.3, 0.4) is 0 Å². The lowest BCUT2D eigenvalue weighted by Crippen LogP contribution is -2.30. The Hall–Kier alpha value is -1.10. The zero-order chi connectivity index (χ0) is 13.5. The standard InChI is InChI=1S/C12H22O5/c1-5-16-10(13)9(11(14)17-6-2)7-8-12(3,4)15/h9,15H,5-8H2,1-4H3. The molecule has 0 spiro atoms. The lowest BCUT2D eigenvalue weighted by molar-refractivity contribution is -0.162. The summed E-state index contributed by atoms with van der Waals surface area (Å²) in [6.45, 7) is 7.04. The molecule has 0 aromatic carbocycles. The smallest absolute Gasteiger partial charge is 0.320 e. The molecule has 17 heavy (non-hydrogen) atoms. The molecule has 5 heteroatoms. The summed E-state index contributed by atoms with van der Waals surface area (Å²) in [6.07, 6.45) is 0.552. The summed E-state index contributed by atoms with van der Waals surface area (Å²) >= 11 is 0. The van der Waals surface area contributed by atoms with E-state index in [1.54, 1.807) is 27.7 Å². The first-order valence-corrected chi connectivity index (χ1v) is 5.87. The van der Waals surface area contributed by atoms with E-state index in [9.17, 15) is 14.7 Å². The largest absolute Gasteiger partial charge is 0.465 e. The third-order valence-electron chi connectivity index (χ3n) is 2.19. The molecule has 0 amide bonds. The molecule has 0 aliphatic heterocycles. The fraction of sp³-hybridized carbons (Fsp3) is 0.833. The quantitative estimate of drug-likeness (QED) is 0.541. The number of ether oxygens (including phenoxy) is 2. The van der Waals surface area contributed by atoms with Gasteiger partial charge in [0.2, 0.25) is 0 Å². The highest BCUT2D eigenvalue weighted by Gasteiger charge is 2.31. The van der Waals surface area contributed by atoms with Crippen LogP contribution in [0.2, 0.25) is 0 Å². The predicted octanol–water partition coefficient (Wildman–Crippen LogP) is 1.28. The van der Waals surface area contributed by atoms with Crippen molar-refractivity contribution in [2.75, 3.05) is 13.2 Å². The maximum Gasteiger partial charge on any atom is 0.320 e. The van der Waals surface area contributed by atoms with E-state index in [2.05, 4.69) is 0 Å². The van der Waals surface area contributed by atoms with Crippen LogP contribution in [0.4, 0.5) is 0 Å². The molecule has 0 atom stereocenters. The first kappa shape index (κ1) is 15.9. The Balaban J connectivity index is 4.50. The van der Waals surface area contributed by atoms with Crippen LogP contribution in [0.15, 0.2) is 0 Å². The van der Waals surface area contributed by atoms with E-state index in [0.29, 0.717) is 6.42 Å². The number of rotatable bonds is 7. The van der Waals surface area contributed by atoms with Crippen molar-refractivity contribution in [3.05, 3.63) is 0 Å². The zero-order valence-electron chi connectivity index (χ0n) is 11.0. The molecule has 0 aromatic heterocycles. The van der Waals surface area contributed by atoms with Crippen LogP contribution in [0, 0.1) is 5.92 Å². The van der Waals surface area contributed by atoms with E-state index in [-0.39, 0.29) is 19.6 Å². The fourth-order valence-electron chi connectivity index (χ4n) is 1.32. The number of carbonyl (C=O) groups excluding carboxylic acids is 2. The average molecular weight is 246 g/mol. The number of aliphatic hydroxyl groups is 1. The van der Waals surface area contributed by atoms with Gasteiger partial charge in [-0.25, -0.2) is 0 Å². The second-order valence-electron chi connectivity index (χ2n) is 4.41. The van der Waals surface area contributed by atoms with Gasteiger partial charge in [-0.3, -0.25) is 9.59 Å². The Morgan fingerprint density at radius 1 is 1.12 bits per heavy atom. The van der Waals surface area contributed by atoms with Crippen molar-refractivity contribution in [2.45, 2.75) is 46.1 Å². The molecule has 0 aliphatic rings. The molecule has 0 aliphatic carbocycles. The average Bonchev–Trinajstić information content (AvgIpc) is 2.16. The minimum atomic E-state index is -0.943. The molecule has 0 saturated carbocycles. The molecule has 0 radical (unpaired) electrons. The van der Waals surface area contributed by atoms with Crippen LogP contribution in [0.1, 0.15) is 40.5 Å². The molecule has 0 saturated heterocycles. The summed E-state index contributed by atoms with van der Waals surface area (Å²) in [4.78, 5) is 23.1.